The van der Waals surface area contributed by atoms with Crippen LogP contribution in [0.4, 0.5) is 9.59 Å². The minimum atomic E-state index is -1.43. The fourth-order valence-electron chi connectivity index (χ4n) is 13.4. The molecular formula is C48H84B3N5O11S. The summed E-state index contributed by atoms with van der Waals surface area (Å²) in [5.41, 5.74) is -0.738. The molecule has 4 bridgehead atoms. The standard InChI is InChI=1S/C22H37BN2O5.C14H24BNO2.C12H23BN2O4S/c1-13(24-19(27)28-20(2,3)4)18(26)25-10-8-9-17(25)23-29-16-12-14-11-15(21(14,5)6)22(16,7)30-23;1-13(2)9-7-10(13)14(3)11(8-9)17-15(18-14)12-5-4-6-16-12;1-8(14-11(16)19-12(2,3)4)10(20)15-7-5-6-9(15)13(17)18/h13-17H,8-12H2,1-7H3,(H,24,27);9-12,16H,4-8H2,1-3H3;8-9,17-18H,5-7H2,1-4H3,(H,14,16)/t13-,14-,15-,16+,17-,22-;9-,10-,11+,12-,14-;8-,9-/m000/s1. The van der Waals surface area contributed by atoms with Gasteiger partial charge >= 0.3 is 33.5 Å². The van der Waals surface area contributed by atoms with Crippen molar-refractivity contribution >= 4 is 56.7 Å². The van der Waals surface area contributed by atoms with Gasteiger partial charge in [-0.3, -0.25) is 4.79 Å². The first-order valence-corrected chi connectivity index (χ1v) is 26.2. The number of nitrogens with one attached hydrogen (secondary N) is 3. The molecule has 11 rings (SSSR count). The number of alkyl carbamates (subject to hydrolysis) is 2. The van der Waals surface area contributed by atoms with Crippen LogP contribution in [0.5, 0.6) is 0 Å². The Balaban J connectivity index is 0.000000158. The van der Waals surface area contributed by atoms with Crippen LogP contribution in [0.3, 0.4) is 0 Å². The number of carbonyl (C=O) groups is 3. The molecule has 0 aromatic carbocycles. The molecule has 6 saturated carbocycles. The van der Waals surface area contributed by atoms with E-state index < -0.39 is 55.7 Å². The van der Waals surface area contributed by atoms with E-state index in [9.17, 15) is 24.4 Å². The molecule has 0 radical (unpaired) electrons. The molecule has 20 heteroatoms. The highest BCUT2D eigenvalue weighted by atomic mass is 32.1. The van der Waals surface area contributed by atoms with Crippen LogP contribution in [-0.2, 0) is 32.9 Å². The molecule has 5 heterocycles. The predicted octanol–water partition coefficient (Wildman–Crippen LogP) is 5.87. The van der Waals surface area contributed by atoms with Crippen LogP contribution in [0.15, 0.2) is 0 Å². The molecule has 0 spiro atoms. The van der Waals surface area contributed by atoms with Crippen LogP contribution in [0, 0.1) is 34.5 Å². The average Bonchev–Trinajstić information content (AvgIpc) is 4.07. The fraction of sp³-hybridized carbons (Fsp3) is 0.917. The topological polar surface area (TPSA) is 190 Å². The second kappa shape index (κ2) is 19.7. The van der Waals surface area contributed by atoms with Crippen molar-refractivity contribution in [2.24, 2.45) is 34.5 Å². The Hall–Kier alpha value is -2.19. The lowest BCUT2D eigenvalue weighted by Gasteiger charge is -2.64. The molecule has 382 valence electrons. The zero-order valence-electron chi connectivity index (χ0n) is 43.6. The number of ether oxygens (including phenoxy) is 2. The number of likely N-dealkylation sites (tertiary alicyclic amines) is 2. The Bertz CT molecular complexity index is 1870. The SMILES string of the molecule is CC1(C)[C@@H]2C[C@H]3OB([C@@H]4CCCN4)O[C@@]3(C)[C@H]1C2.C[C@H](NC(=O)OC(C)(C)C)C(=O)N1CCC[C@H]1B1O[C@@H]2C[C@@H]3C[C@@H](C3(C)C)[C@]2(C)O1.C[C@H](NC(=O)OC(C)(C)C)C(=S)N1CCC[C@H]1B(O)O. The molecule has 6 aliphatic carbocycles. The van der Waals surface area contributed by atoms with Crippen LogP contribution in [-0.4, -0.2) is 148 Å². The van der Waals surface area contributed by atoms with Gasteiger partial charge in [0.05, 0.1) is 41.3 Å². The van der Waals surface area contributed by atoms with Crippen molar-refractivity contribution in [3.05, 3.63) is 0 Å². The Morgan fingerprint density at radius 2 is 1.21 bits per heavy atom. The Kier molecular flexibility index (Phi) is 15.5. The van der Waals surface area contributed by atoms with E-state index in [0.717, 1.165) is 38.1 Å². The number of nitrogens with zero attached hydrogens (tertiary/aromatic N) is 2. The molecule has 0 aromatic rings. The van der Waals surface area contributed by atoms with E-state index >= 15 is 0 Å². The van der Waals surface area contributed by atoms with Crippen molar-refractivity contribution < 1.29 is 52.5 Å². The van der Waals surface area contributed by atoms with Gasteiger partial charge in [0.2, 0.25) is 5.91 Å². The van der Waals surface area contributed by atoms with Gasteiger partial charge in [-0.15, -0.1) is 0 Å². The molecule has 16 nitrogen and oxygen atoms in total. The van der Waals surface area contributed by atoms with Crippen LogP contribution in [0.25, 0.3) is 0 Å². The predicted molar refractivity (Wildman–Crippen MR) is 266 cm³/mol. The van der Waals surface area contributed by atoms with E-state index in [0.29, 0.717) is 65.1 Å². The minimum absolute atomic E-state index is 0.00218. The zero-order valence-corrected chi connectivity index (χ0v) is 44.5. The first-order valence-electron chi connectivity index (χ1n) is 25.8. The summed E-state index contributed by atoms with van der Waals surface area (Å²) < 4.78 is 36.2. The van der Waals surface area contributed by atoms with E-state index in [1.165, 1.54) is 32.1 Å². The lowest BCUT2D eigenvalue weighted by molar-refractivity contribution is -0.199. The van der Waals surface area contributed by atoms with Crippen molar-refractivity contribution in [2.75, 3.05) is 19.6 Å². The first kappa shape index (κ1) is 53.6. The first-order chi connectivity index (χ1) is 31.5. The summed E-state index contributed by atoms with van der Waals surface area (Å²) in [6, 6.07) is -1.06. The Morgan fingerprint density at radius 3 is 1.69 bits per heavy atom. The summed E-state index contributed by atoms with van der Waals surface area (Å²) in [5, 5.41) is 27.5. The van der Waals surface area contributed by atoms with Crippen molar-refractivity contribution in [1.29, 1.82) is 0 Å². The Labute approximate surface area is 413 Å². The summed E-state index contributed by atoms with van der Waals surface area (Å²) >= 11 is 5.33. The van der Waals surface area contributed by atoms with Gasteiger partial charge in [-0.05, 0) is 174 Å². The molecule has 11 fully saturated rings. The maximum absolute atomic E-state index is 13.1. The van der Waals surface area contributed by atoms with Gasteiger partial charge in [0.15, 0.2) is 0 Å². The van der Waals surface area contributed by atoms with Gasteiger partial charge in [-0.2, -0.15) is 0 Å². The molecule has 11 aliphatic rings. The molecule has 5 aliphatic heterocycles. The van der Waals surface area contributed by atoms with Gasteiger partial charge in [0.1, 0.15) is 22.2 Å². The van der Waals surface area contributed by atoms with Crippen LogP contribution in [0.2, 0.25) is 0 Å². The molecule has 3 amide bonds. The maximum atomic E-state index is 13.1. The van der Waals surface area contributed by atoms with Gasteiger partial charge in [0, 0.05) is 19.0 Å². The maximum Gasteiger partial charge on any atom is 0.481 e. The fourth-order valence-corrected chi connectivity index (χ4v) is 13.7. The normalized spacial score (nSPS) is 36.9. The molecule has 0 unspecified atom stereocenters. The minimum Gasteiger partial charge on any atom is -0.444 e. The van der Waals surface area contributed by atoms with Crippen molar-refractivity contribution in [3.8, 4) is 0 Å². The number of rotatable bonds is 7. The molecule has 5 N–H and O–H groups in total. The third kappa shape index (κ3) is 10.8. The highest BCUT2D eigenvalue weighted by Gasteiger charge is 2.70. The summed E-state index contributed by atoms with van der Waals surface area (Å²) in [6.45, 7) is 30.7. The monoisotopic (exact) mass is 972 g/mol. The number of carbonyl (C=O) groups excluding carboxylic acids is 3. The molecule has 5 saturated heterocycles. The Morgan fingerprint density at radius 1 is 0.721 bits per heavy atom. The second-order valence-corrected chi connectivity index (χ2v) is 25.4. The highest BCUT2D eigenvalue weighted by molar-refractivity contribution is 7.80. The van der Waals surface area contributed by atoms with Crippen LogP contribution >= 0.6 is 12.2 Å². The molecule has 13 atom stereocenters. The number of hydrogen-bond acceptors (Lipinski definition) is 13. The molecule has 68 heavy (non-hydrogen) atoms. The second-order valence-electron chi connectivity index (χ2n) is 25.0. The summed E-state index contributed by atoms with van der Waals surface area (Å²) in [7, 11) is -1.82. The zero-order chi connectivity index (χ0) is 50.1. The summed E-state index contributed by atoms with van der Waals surface area (Å²) in [6.07, 6.45) is 9.87. The quantitative estimate of drug-likeness (QED) is 0.151. The van der Waals surface area contributed by atoms with E-state index in [4.69, 9.17) is 40.3 Å². The third-order valence-corrected chi connectivity index (χ3v) is 18.0. The number of thiocarbonyl (C=S) groups is 1. The highest BCUT2D eigenvalue weighted by Crippen LogP contribution is 2.67. The number of amides is 3. The van der Waals surface area contributed by atoms with Crippen LogP contribution in [0.1, 0.15) is 161 Å². The van der Waals surface area contributed by atoms with Crippen molar-refractivity contribution in [2.45, 2.75) is 226 Å². The molecule has 0 aromatic heterocycles. The van der Waals surface area contributed by atoms with Gasteiger partial charge in [-0.1, -0.05) is 39.9 Å². The smallest absolute Gasteiger partial charge is 0.444 e. The average molecular weight is 972 g/mol. The number of hydrogen-bond donors (Lipinski definition) is 5. The molecular weight excluding hydrogens is 887 g/mol. The van der Waals surface area contributed by atoms with E-state index in [-0.39, 0.29) is 36.3 Å². The van der Waals surface area contributed by atoms with Gasteiger partial charge in [-0.25, -0.2) is 9.59 Å². The van der Waals surface area contributed by atoms with Gasteiger partial charge in [0.25, 0.3) is 0 Å². The van der Waals surface area contributed by atoms with Crippen LogP contribution < -0.4 is 16.0 Å². The van der Waals surface area contributed by atoms with E-state index in [1.54, 1.807) is 60.3 Å². The van der Waals surface area contributed by atoms with Gasteiger partial charge < -0.3 is 63.9 Å². The van der Waals surface area contributed by atoms with E-state index in [2.05, 4.69) is 57.5 Å². The largest absolute Gasteiger partial charge is 0.481 e. The summed E-state index contributed by atoms with van der Waals surface area (Å²) in [4.78, 5) is 41.0. The lowest BCUT2D eigenvalue weighted by atomic mass is 9.43. The summed E-state index contributed by atoms with van der Waals surface area (Å²) in [5.74, 6) is 2.53. The van der Waals surface area contributed by atoms with E-state index in [1.807, 2.05) is 4.90 Å². The third-order valence-electron chi connectivity index (χ3n) is 17.4. The lowest BCUT2D eigenvalue weighted by Crippen LogP contribution is -2.65. The van der Waals surface area contributed by atoms with Crippen molar-refractivity contribution in [1.82, 2.24) is 25.8 Å². The van der Waals surface area contributed by atoms with Crippen molar-refractivity contribution in [3.63, 3.8) is 0 Å².